The number of ether oxygens (including phenoxy) is 2. The maximum atomic E-state index is 12.0. The third-order valence-electron chi connectivity index (χ3n) is 3.05. The molecule has 0 heterocycles. The number of esters is 1. The molecule has 120 valence electrons. The van der Waals surface area contributed by atoms with Crippen molar-refractivity contribution in [3.8, 4) is 5.75 Å². The molecule has 0 saturated heterocycles. The Morgan fingerprint density at radius 3 is 2.61 bits per heavy atom. The molecule has 0 radical (unpaired) electrons. The summed E-state index contributed by atoms with van der Waals surface area (Å²) in [4.78, 5) is 23.6. The van der Waals surface area contributed by atoms with E-state index in [1.54, 1.807) is 36.4 Å². The molecule has 1 N–H and O–H groups in total. The van der Waals surface area contributed by atoms with Crippen LogP contribution in [0.5, 0.6) is 5.75 Å². The molecule has 2 aromatic rings. The first-order valence-electron chi connectivity index (χ1n) is 6.87. The molecule has 0 spiro atoms. The monoisotopic (exact) mass is 333 g/mol. The van der Waals surface area contributed by atoms with E-state index in [0.717, 1.165) is 5.56 Å². The Morgan fingerprint density at radius 1 is 1.17 bits per heavy atom. The summed E-state index contributed by atoms with van der Waals surface area (Å²) in [7, 11) is 1.28. The van der Waals surface area contributed by atoms with Crippen molar-refractivity contribution in [1.82, 2.24) is 0 Å². The fourth-order valence-electron chi connectivity index (χ4n) is 1.92. The second-order valence-corrected chi connectivity index (χ2v) is 5.22. The van der Waals surface area contributed by atoms with Crippen molar-refractivity contribution in [2.75, 3.05) is 19.0 Å². The van der Waals surface area contributed by atoms with Crippen LogP contribution in [0.2, 0.25) is 5.02 Å². The number of para-hydroxylation sites is 1. The van der Waals surface area contributed by atoms with Crippen LogP contribution >= 0.6 is 11.6 Å². The Bertz CT molecular complexity index is 730. The molecule has 0 saturated carbocycles. The molecular weight excluding hydrogens is 318 g/mol. The third-order valence-corrected chi connectivity index (χ3v) is 3.36. The molecule has 0 unspecified atom stereocenters. The molecule has 6 heteroatoms. The summed E-state index contributed by atoms with van der Waals surface area (Å²) in [6.07, 6.45) is 0. The summed E-state index contributed by atoms with van der Waals surface area (Å²) < 4.78 is 10.1. The summed E-state index contributed by atoms with van der Waals surface area (Å²) >= 11 is 6.06. The lowest BCUT2D eigenvalue weighted by Crippen LogP contribution is -2.21. The standard InChI is InChI=1S/C17H16ClNO4/c1-11-7-8-14(13(18)9-11)19-16(20)10-23-15-6-4-3-5-12(15)17(21)22-2/h3-9H,10H2,1-2H3,(H,19,20). The van der Waals surface area contributed by atoms with Gasteiger partial charge in [0.15, 0.2) is 6.61 Å². The van der Waals surface area contributed by atoms with Crippen LogP contribution in [0.1, 0.15) is 15.9 Å². The summed E-state index contributed by atoms with van der Waals surface area (Å²) in [6.45, 7) is 1.66. The number of rotatable bonds is 5. The van der Waals surface area contributed by atoms with Gasteiger partial charge in [0, 0.05) is 0 Å². The van der Waals surface area contributed by atoms with Crippen LogP contribution in [0.25, 0.3) is 0 Å². The van der Waals surface area contributed by atoms with E-state index < -0.39 is 5.97 Å². The van der Waals surface area contributed by atoms with E-state index in [1.807, 2.05) is 13.0 Å². The van der Waals surface area contributed by atoms with Gasteiger partial charge in [-0.3, -0.25) is 4.79 Å². The molecule has 0 atom stereocenters. The maximum Gasteiger partial charge on any atom is 0.341 e. The van der Waals surface area contributed by atoms with Gasteiger partial charge in [-0.2, -0.15) is 0 Å². The number of carbonyl (C=O) groups is 2. The van der Waals surface area contributed by atoms with Gasteiger partial charge in [-0.1, -0.05) is 29.8 Å². The molecule has 0 aliphatic heterocycles. The van der Waals surface area contributed by atoms with E-state index in [2.05, 4.69) is 10.1 Å². The van der Waals surface area contributed by atoms with Gasteiger partial charge in [0.1, 0.15) is 11.3 Å². The number of halogens is 1. The van der Waals surface area contributed by atoms with Crippen LogP contribution in [0.15, 0.2) is 42.5 Å². The number of aryl methyl sites for hydroxylation is 1. The molecule has 0 aromatic heterocycles. The molecule has 5 nitrogen and oxygen atoms in total. The topological polar surface area (TPSA) is 64.6 Å². The maximum absolute atomic E-state index is 12.0. The van der Waals surface area contributed by atoms with Gasteiger partial charge >= 0.3 is 5.97 Å². The zero-order chi connectivity index (χ0) is 16.8. The Labute approximate surface area is 139 Å². The van der Waals surface area contributed by atoms with Crippen molar-refractivity contribution >= 4 is 29.2 Å². The van der Waals surface area contributed by atoms with Gasteiger partial charge < -0.3 is 14.8 Å². The van der Waals surface area contributed by atoms with Crippen molar-refractivity contribution in [3.05, 3.63) is 58.6 Å². The Hall–Kier alpha value is -2.53. The van der Waals surface area contributed by atoms with Crippen LogP contribution in [0, 0.1) is 6.92 Å². The Balaban J connectivity index is 2.01. The third kappa shape index (κ3) is 4.47. The molecule has 0 aliphatic carbocycles. The summed E-state index contributed by atoms with van der Waals surface area (Å²) in [6, 6.07) is 11.9. The number of anilines is 1. The minimum absolute atomic E-state index is 0.252. The van der Waals surface area contributed by atoms with Gasteiger partial charge in [0.25, 0.3) is 5.91 Å². The average Bonchev–Trinajstić information content (AvgIpc) is 2.55. The van der Waals surface area contributed by atoms with E-state index >= 15 is 0 Å². The second-order valence-electron chi connectivity index (χ2n) is 4.81. The normalized spacial score (nSPS) is 10.0. The minimum Gasteiger partial charge on any atom is -0.483 e. The van der Waals surface area contributed by atoms with Crippen molar-refractivity contribution in [2.24, 2.45) is 0 Å². The van der Waals surface area contributed by atoms with Crippen LogP contribution in [-0.4, -0.2) is 25.6 Å². The molecule has 0 aliphatic rings. The van der Waals surface area contributed by atoms with E-state index in [9.17, 15) is 9.59 Å². The SMILES string of the molecule is COC(=O)c1ccccc1OCC(=O)Nc1ccc(C)cc1Cl. The smallest absolute Gasteiger partial charge is 0.341 e. The summed E-state index contributed by atoms with van der Waals surface area (Å²) in [5, 5.41) is 3.11. The van der Waals surface area contributed by atoms with Crippen molar-refractivity contribution in [3.63, 3.8) is 0 Å². The second kappa shape index (κ2) is 7.65. The van der Waals surface area contributed by atoms with Gasteiger partial charge in [-0.15, -0.1) is 0 Å². The number of benzene rings is 2. The van der Waals surface area contributed by atoms with Gasteiger partial charge in [0.2, 0.25) is 0 Å². The fraction of sp³-hybridized carbons (Fsp3) is 0.176. The van der Waals surface area contributed by atoms with E-state index in [-0.39, 0.29) is 23.8 Å². The molecule has 1 amide bonds. The highest BCUT2D eigenvalue weighted by atomic mass is 35.5. The molecular formula is C17H16ClNO4. The first-order chi connectivity index (χ1) is 11.0. The van der Waals surface area contributed by atoms with Gasteiger partial charge in [-0.05, 0) is 36.8 Å². The summed E-state index contributed by atoms with van der Waals surface area (Å²) in [5.41, 5.74) is 1.76. The van der Waals surface area contributed by atoms with Crippen LogP contribution < -0.4 is 10.1 Å². The first-order valence-corrected chi connectivity index (χ1v) is 7.25. The van der Waals surface area contributed by atoms with Crippen LogP contribution in [0.3, 0.4) is 0 Å². The van der Waals surface area contributed by atoms with E-state index in [0.29, 0.717) is 10.7 Å². The van der Waals surface area contributed by atoms with Crippen molar-refractivity contribution < 1.29 is 19.1 Å². The zero-order valence-corrected chi connectivity index (χ0v) is 13.5. The predicted molar refractivity (Wildman–Crippen MR) is 88.1 cm³/mol. The highest BCUT2D eigenvalue weighted by Crippen LogP contribution is 2.23. The lowest BCUT2D eigenvalue weighted by atomic mass is 10.2. The number of methoxy groups -OCH3 is 1. The fourth-order valence-corrected chi connectivity index (χ4v) is 2.20. The van der Waals surface area contributed by atoms with Crippen molar-refractivity contribution in [1.29, 1.82) is 0 Å². The molecule has 23 heavy (non-hydrogen) atoms. The zero-order valence-electron chi connectivity index (χ0n) is 12.8. The Kier molecular flexibility index (Phi) is 5.60. The highest BCUT2D eigenvalue weighted by molar-refractivity contribution is 6.33. The number of hydrogen-bond donors (Lipinski definition) is 1. The van der Waals surface area contributed by atoms with Gasteiger partial charge in [0.05, 0.1) is 17.8 Å². The average molecular weight is 334 g/mol. The van der Waals surface area contributed by atoms with E-state index in [1.165, 1.54) is 7.11 Å². The number of amides is 1. The molecule has 2 rings (SSSR count). The van der Waals surface area contributed by atoms with Crippen molar-refractivity contribution in [2.45, 2.75) is 6.92 Å². The number of hydrogen-bond acceptors (Lipinski definition) is 4. The molecule has 0 bridgehead atoms. The molecule has 0 fully saturated rings. The lowest BCUT2D eigenvalue weighted by molar-refractivity contribution is -0.118. The largest absolute Gasteiger partial charge is 0.483 e. The highest BCUT2D eigenvalue weighted by Gasteiger charge is 2.14. The number of nitrogens with one attached hydrogen (secondary N) is 1. The predicted octanol–water partition coefficient (Wildman–Crippen LogP) is 3.45. The van der Waals surface area contributed by atoms with E-state index in [4.69, 9.17) is 16.3 Å². The van der Waals surface area contributed by atoms with Crippen LogP contribution in [-0.2, 0) is 9.53 Å². The summed E-state index contributed by atoms with van der Waals surface area (Å²) in [5.74, 6) is -0.623. The first kappa shape index (κ1) is 16.8. The number of carbonyl (C=O) groups excluding carboxylic acids is 2. The van der Waals surface area contributed by atoms with Crippen LogP contribution in [0.4, 0.5) is 5.69 Å². The quantitative estimate of drug-likeness (QED) is 0.851. The molecule has 2 aromatic carbocycles. The minimum atomic E-state index is -0.525. The lowest BCUT2D eigenvalue weighted by Gasteiger charge is -2.11. The Morgan fingerprint density at radius 2 is 1.91 bits per heavy atom. The van der Waals surface area contributed by atoms with Gasteiger partial charge in [-0.25, -0.2) is 4.79 Å².